The van der Waals surface area contributed by atoms with Crippen molar-refractivity contribution in [3.05, 3.63) is 23.8 Å². The van der Waals surface area contributed by atoms with Gasteiger partial charge in [0.15, 0.2) is 6.29 Å². The Bertz CT molecular complexity index is 1490. The van der Waals surface area contributed by atoms with Crippen molar-refractivity contribution < 1.29 is 64.6 Å². The minimum absolute atomic E-state index is 0.0856. The summed E-state index contributed by atoms with van der Waals surface area (Å²) in [5.74, 6) is -0.324. The van der Waals surface area contributed by atoms with Crippen molar-refractivity contribution in [2.45, 2.75) is 154 Å². The van der Waals surface area contributed by atoms with E-state index in [1.165, 1.54) is 5.57 Å². The lowest BCUT2D eigenvalue weighted by atomic mass is 9.33. The van der Waals surface area contributed by atoms with Gasteiger partial charge in [-0.1, -0.05) is 58.4 Å². The molecule has 54 heavy (non-hydrogen) atoms. The average Bonchev–Trinajstić information content (AvgIpc) is 3.14. The van der Waals surface area contributed by atoms with Crippen LogP contribution in [0.15, 0.2) is 23.8 Å². The van der Waals surface area contributed by atoms with Gasteiger partial charge in [-0.05, 0) is 91.8 Å². The maximum Gasteiger partial charge on any atom is 0.315 e. The fraction of sp³-hybridized carbons (Fsp3) is 0.878. The van der Waals surface area contributed by atoms with Crippen molar-refractivity contribution in [2.24, 2.45) is 50.7 Å². The summed E-state index contributed by atoms with van der Waals surface area (Å²) in [6, 6.07) is 0. The Kier molecular flexibility index (Phi) is 10.6. The molecule has 0 spiro atoms. The lowest BCUT2D eigenvalue weighted by Gasteiger charge is -2.71. The third kappa shape index (κ3) is 5.69. The lowest BCUT2D eigenvalue weighted by Crippen LogP contribution is -2.67. The van der Waals surface area contributed by atoms with Crippen LogP contribution in [0.3, 0.4) is 0 Å². The molecule has 13 nitrogen and oxygen atoms in total. The number of allylic oxidation sites excluding steroid dienone is 3. The van der Waals surface area contributed by atoms with E-state index in [9.17, 15) is 45.6 Å². The number of fused-ring (bicyclic) bond motifs is 7. The second-order valence-electron chi connectivity index (χ2n) is 19.1. The molecule has 0 unspecified atom stereocenters. The molecule has 7 aliphatic rings. The molecule has 0 radical (unpaired) electrons. The van der Waals surface area contributed by atoms with E-state index in [1.54, 1.807) is 0 Å². The molecule has 2 saturated heterocycles. The molecule has 19 atom stereocenters. The van der Waals surface area contributed by atoms with E-state index in [0.29, 0.717) is 19.3 Å². The van der Waals surface area contributed by atoms with Gasteiger partial charge in [0.05, 0.1) is 31.3 Å². The fourth-order valence-electron chi connectivity index (χ4n) is 13.1. The zero-order valence-corrected chi connectivity index (χ0v) is 32.5. The quantitative estimate of drug-likeness (QED) is 0.110. The normalized spacial score (nSPS) is 54.7. The van der Waals surface area contributed by atoms with Gasteiger partial charge in [0.2, 0.25) is 6.29 Å². The molecular formula is C41H64O13. The first kappa shape index (κ1) is 40.7. The third-order valence-electron chi connectivity index (χ3n) is 16.8. The highest BCUT2D eigenvalue weighted by atomic mass is 16.7. The van der Waals surface area contributed by atoms with E-state index < -0.39 is 84.8 Å². The predicted molar refractivity (Wildman–Crippen MR) is 193 cm³/mol. The molecule has 0 aromatic carbocycles. The highest BCUT2D eigenvalue weighted by Gasteiger charge is 2.70. The number of hydrogen-bond donors (Lipinski definition) is 8. The Morgan fingerprint density at radius 1 is 0.852 bits per heavy atom. The Hall–Kier alpha value is -1.49. The Morgan fingerprint density at radius 3 is 2.24 bits per heavy atom. The first-order valence-corrected chi connectivity index (χ1v) is 20.2. The van der Waals surface area contributed by atoms with Crippen LogP contribution >= 0.6 is 0 Å². The van der Waals surface area contributed by atoms with Gasteiger partial charge in [-0.25, -0.2) is 0 Å². The molecule has 7 rings (SSSR count). The van der Waals surface area contributed by atoms with Crippen LogP contribution in [0, 0.1) is 50.7 Å². The SMILES string of the molecule is C=C1[C@H]2C3=CC[C@@H]4[C@@]5(C)CC[C@H](O[C@@H]6OC[C@@H](O)[C@H](O)[C@H]6O)[C@@](C)(CO)[C@@H]5CC[C@@]4(C)[C@]3(C)CC[C@@]2(C(=O)O[C@@H]2O[C@H](CO)[C@@H](O)[C@H](O)[C@H]2O)CC[C@H]1C. The van der Waals surface area contributed by atoms with Crippen LogP contribution in [0.2, 0.25) is 0 Å². The van der Waals surface area contributed by atoms with E-state index in [0.717, 1.165) is 44.1 Å². The highest BCUT2D eigenvalue weighted by molar-refractivity contribution is 5.80. The van der Waals surface area contributed by atoms with Gasteiger partial charge in [-0.3, -0.25) is 4.79 Å². The summed E-state index contributed by atoms with van der Waals surface area (Å²) in [6.07, 6.45) is -4.30. The van der Waals surface area contributed by atoms with Crippen molar-refractivity contribution in [1.29, 1.82) is 0 Å². The lowest BCUT2D eigenvalue weighted by molar-refractivity contribution is -0.312. The van der Waals surface area contributed by atoms with Gasteiger partial charge in [-0.2, -0.15) is 0 Å². The standard InChI is InChI=1S/C41H64O13/c1-20-9-14-41(36(50)54-35-33(49)31(47)30(46)24(17-42)52-35)16-15-39(5)22(28(41)21(20)2)7-8-26-37(3)12-11-27(53-34-32(48)29(45)23(44)18-51-34)38(4,19-43)25(37)10-13-40(26,39)6/h7,20,23-35,42-49H,2,8-19H2,1,3-6H3/t20-,23-,24-,25-,26-,27+,28+,29+,30-,31+,32-,33-,34+,35+,37+,38+,39-,40-,41+/m1/s1. The molecule has 13 heteroatoms. The number of hydrogen-bond acceptors (Lipinski definition) is 13. The molecule has 6 fully saturated rings. The first-order valence-electron chi connectivity index (χ1n) is 20.2. The van der Waals surface area contributed by atoms with Gasteiger partial charge in [-0.15, -0.1) is 0 Å². The van der Waals surface area contributed by atoms with E-state index in [1.807, 2.05) is 0 Å². The first-order chi connectivity index (χ1) is 25.3. The molecule has 0 bridgehead atoms. The van der Waals surface area contributed by atoms with Gasteiger partial charge in [0.25, 0.3) is 0 Å². The minimum atomic E-state index is -1.68. The Morgan fingerprint density at radius 2 is 1.56 bits per heavy atom. The molecule has 4 saturated carbocycles. The van der Waals surface area contributed by atoms with Crippen LogP contribution in [-0.2, 0) is 23.7 Å². The van der Waals surface area contributed by atoms with Crippen LogP contribution < -0.4 is 0 Å². The summed E-state index contributed by atoms with van der Waals surface area (Å²) in [5, 5.41) is 83.4. The minimum Gasteiger partial charge on any atom is -0.432 e. The van der Waals surface area contributed by atoms with Crippen LogP contribution in [-0.4, -0.2) is 128 Å². The molecule has 0 aromatic heterocycles. The van der Waals surface area contributed by atoms with Crippen molar-refractivity contribution >= 4 is 5.97 Å². The van der Waals surface area contributed by atoms with Gasteiger partial charge >= 0.3 is 5.97 Å². The molecule has 306 valence electrons. The van der Waals surface area contributed by atoms with E-state index in [2.05, 4.69) is 47.3 Å². The fourth-order valence-corrected chi connectivity index (χ4v) is 13.1. The summed E-state index contributed by atoms with van der Waals surface area (Å²) in [7, 11) is 0. The zero-order chi connectivity index (χ0) is 39.3. The van der Waals surface area contributed by atoms with Crippen LogP contribution in [0.25, 0.3) is 0 Å². The number of aliphatic hydroxyl groups excluding tert-OH is 8. The summed E-state index contributed by atoms with van der Waals surface area (Å²) in [6.45, 7) is 15.1. The number of esters is 1. The number of aliphatic hydroxyl groups is 8. The van der Waals surface area contributed by atoms with E-state index in [4.69, 9.17) is 18.9 Å². The maximum atomic E-state index is 14.5. The predicted octanol–water partition coefficient (Wildman–Crippen LogP) is 1.70. The third-order valence-corrected chi connectivity index (χ3v) is 16.8. The van der Waals surface area contributed by atoms with Crippen LogP contribution in [0.4, 0.5) is 0 Å². The molecule has 2 heterocycles. The molecule has 5 aliphatic carbocycles. The summed E-state index contributed by atoms with van der Waals surface area (Å²) in [5.41, 5.74) is -0.0513. The molecule has 8 N–H and O–H groups in total. The molecule has 0 aromatic rings. The smallest absolute Gasteiger partial charge is 0.315 e. The van der Waals surface area contributed by atoms with Crippen molar-refractivity contribution in [3.8, 4) is 0 Å². The summed E-state index contributed by atoms with van der Waals surface area (Å²) >= 11 is 0. The molecule has 0 amide bonds. The maximum absolute atomic E-state index is 14.5. The van der Waals surface area contributed by atoms with E-state index in [-0.39, 0.29) is 53.1 Å². The van der Waals surface area contributed by atoms with Crippen molar-refractivity contribution in [3.63, 3.8) is 0 Å². The Balaban J connectivity index is 1.18. The monoisotopic (exact) mass is 764 g/mol. The van der Waals surface area contributed by atoms with Crippen LogP contribution in [0.1, 0.15) is 92.4 Å². The number of carbonyl (C=O) groups excluding carboxylic acids is 1. The average molecular weight is 765 g/mol. The van der Waals surface area contributed by atoms with Crippen molar-refractivity contribution in [2.75, 3.05) is 19.8 Å². The topological polar surface area (TPSA) is 216 Å². The second-order valence-corrected chi connectivity index (χ2v) is 19.1. The summed E-state index contributed by atoms with van der Waals surface area (Å²) in [4.78, 5) is 14.5. The Labute approximate surface area is 318 Å². The highest BCUT2D eigenvalue weighted by Crippen LogP contribution is 2.76. The number of carbonyl (C=O) groups is 1. The molecular weight excluding hydrogens is 700 g/mol. The van der Waals surface area contributed by atoms with Gasteiger partial charge < -0.3 is 59.8 Å². The summed E-state index contributed by atoms with van der Waals surface area (Å²) < 4.78 is 23.6. The van der Waals surface area contributed by atoms with Gasteiger partial charge in [0, 0.05) is 11.3 Å². The van der Waals surface area contributed by atoms with Crippen LogP contribution in [0.5, 0.6) is 0 Å². The zero-order valence-electron chi connectivity index (χ0n) is 32.5. The van der Waals surface area contributed by atoms with Crippen molar-refractivity contribution in [1.82, 2.24) is 0 Å². The number of rotatable bonds is 6. The molecule has 2 aliphatic heterocycles. The number of ether oxygens (including phenoxy) is 4. The van der Waals surface area contributed by atoms with Gasteiger partial charge in [0.1, 0.15) is 42.7 Å². The van der Waals surface area contributed by atoms with E-state index >= 15 is 0 Å². The largest absolute Gasteiger partial charge is 0.432 e. The second kappa shape index (κ2) is 14.1.